The Kier molecular flexibility index (Phi) is 5.81. The third kappa shape index (κ3) is 3.85. The Morgan fingerprint density at radius 1 is 1.38 bits per heavy atom. The minimum Gasteiger partial charge on any atom is -0.469 e. The van der Waals surface area contributed by atoms with E-state index in [0.29, 0.717) is 5.92 Å². The Morgan fingerprint density at radius 3 is 2.23 bits per heavy atom. The number of ether oxygens (including phenoxy) is 1. The molecule has 2 atom stereocenters. The molecule has 0 aliphatic heterocycles. The van der Waals surface area contributed by atoms with Gasteiger partial charge in [0, 0.05) is 0 Å². The molecule has 1 saturated carbocycles. The minimum atomic E-state index is -0.0231. The molecule has 0 aromatic heterocycles. The lowest BCUT2D eigenvalue weighted by Gasteiger charge is -2.11. The smallest absolute Gasteiger partial charge is 0.373 e. The standard InChI is InChI=1S/C8H14O2.CO2/c1-6-4-3-5-7(6)8(9)10-2;2-1-3/h6-7H,3-5H2,1-2H3;/t6-,7-;/m0./s1. The molecule has 1 aliphatic carbocycles. The van der Waals surface area contributed by atoms with Crippen LogP contribution in [0.25, 0.3) is 0 Å². The largest absolute Gasteiger partial charge is 0.469 e. The first-order chi connectivity index (χ1) is 6.17. The Labute approximate surface area is 77.3 Å². The molecule has 1 rings (SSSR count). The maximum atomic E-state index is 11.0. The van der Waals surface area contributed by atoms with E-state index in [-0.39, 0.29) is 18.0 Å². The molecule has 0 amide bonds. The summed E-state index contributed by atoms with van der Waals surface area (Å²) in [5.41, 5.74) is 0. The molecule has 0 N–H and O–H groups in total. The van der Waals surface area contributed by atoms with Gasteiger partial charge in [0.15, 0.2) is 0 Å². The van der Waals surface area contributed by atoms with Crippen molar-refractivity contribution in [3.05, 3.63) is 0 Å². The number of rotatable bonds is 1. The highest BCUT2D eigenvalue weighted by molar-refractivity contribution is 5.72. The van der Waals surface area contributed by atoms with Gasteiger partial charge >= 0.3 is 12.1 Å². The van der Waals surface area contributed by atoms with E-state index in [4.69, 9.17) is 9.59 Å². The third-order valence-electron chi connectivity index (χ3n) is 2.37. The lowest BCUT2D eigenvalue weighted by atomic mass is 9.99. The number of carbonyl (C=O) groups excluding carboxylic acids is 3. The van der Waals surface area contributed by atoms with Crippen LogP contribution in [-0.4, -0.2) is 19.2 Å². The third-order valence-corrected chi connectivity index (χ3v) is 2.37. The molecule has 0 spiro atoms. The van der Waals surface area contributed by atoms with E-state index in [1.54, 1.807) is 0 Å². The summed E-state index contributed by atoms with van der Waals surface area (Å²) in [6.07, 6.45) is 3.63. The van der Waals surface area contributed by atoms with Crippen molar-refractivity contribution in [3.8, 4) is 0 Å². The second-order valence-electron chi connectivity index (χ2n) is 3.12. The predicted octanol–water partition coefficient (Wildman–Crippen LogP) is 1.01. The van der Waals surface area contributed by atoms with Gasteiger partial charge in [-0.1, -0.05) is 13.3 Å². The van der Waals surface area contributed by atoms with Gasteiger partial charge in [0.25, 0.3) is 0 Å². The monoisotopic (exact) mass is 186 g/mol. The topological polar surface area (TPSA) is 60.4 Å². The molecule has 4 nitrogen and oxygen atoms in total. The van der Waals surface area contributed by atoms with Crippen molar-refractivity contribution in [2.45, 2.75) is 26.2 Å². The van der Waals surface area contributed by atoms with Crippen molar-refractivity contribution < 1.29 is 19.1 Å². The van der Waals surface area contributed by atoms with Crippen molar-refractivity contribution in [1.29, 1.82) is 0 Å². The SMILES string of the molecule is COC(=O)[C@H]1CCC[C@@H]1C.O=C=O. The zero-order valence-electron chi connectivity index (χ0n) is 7.91. The van der Waals surface area contributed by atoms with Crippen molar-refractivity contribution in [2.24, 2.45) is 11.8 Å². The highest BCUT2D eigenvalue weighted by Crippen LogP contribution is 2.31. The zero-order chi connectivity index (χ0) is 10.3. The van der Waals surface area contributed by atoms with Gasteiger partial charge in [-0.3, -0.25) is 4.79 Å². The van der Waals surface area contributed by atoms with Crippen LogP contribution in [0.15, 0.2) is 0 Å². The number of hydrogen-bond acceptors (Lipinski definition) is 4. The first-order valence-electron chi connectivity index (χ1n) is 4.24. The number of methoxy groups -OCH3 is 1. The summed E-state index contributed by atoms with van der Waals surface area (Å²) in [5.74, 6) is 0.697. The van der Waals surface area contributed by atoms with Crippen LogP contribution in [0, 0.1) is 11.8 Å². The maximum Gasteiger partial charge on any atom is 0.373 e. The van der Waals surface area contributed by atoms with E-state index < -0.39 is 0 Å². The molecule has 0 saturated heterocycles. The van der Waals surface area contributed by atoms with Crippen molar-refractivity contribution in [2.75, 3.05) is 7.11 Å². The Hall–Kier alpha value is -1.15. The minimum absolute atomic E-state index is 0.0231. The molecule has 0 aromatic carbocycles. The molecule has 13 heavy (non-hydrogen) atoms. The van der Waals surface area contributed by atoms with Crippen molar-refractivity contribution in [1.82, 2.24) is 0 Å². The number of carbonyl (C=O) groups is 1. The molecule has 1 fully saturated rings. The van der Waals surface area contributed by atoms with Gasteiger partial charge in [-0.25, -0.2) is 0 Å². The average molecular weight is 186 g/mol. The highest BCUT2D eigenvalue weighted by Gasteiger charge is 2.30. The molecule has 0 bridgehead atoms. The summed E-state index contributed by atoms with van der Waals surface area (Å²) >= 11 is 0. The Morgan fingerprint density at radius 2 is 1.92 bits per heavy atom. The molecule has 0 radical (unpaired) electrons. The molecule has 0 unspecified atom stereocenters. The fourth-order valence-corrected chi connectivity index (χ4v) is 1.65. The quantitative estimate of drug-likeness (QED) is 0.573. The lowest BCUT2D eigenvalue weighted by Crippen LogP contribution is -2.17. The first-order valence-corrected chi connectivity index (χ1v) is 4.24. The summed E-state index contributed by atoms with van der Waals surface area (Å²) < 4.78 is 4.67. The summed E-state index contributed by atoms with van der Waals surface area (Å²) in [5, 5.41) is 0. The van der Waals surface area contributed by atoms with Crippen LogP contribution in [0.1, 0.15) is 26.2 Å². The van der Waals surface area contributed by atoms with E-state index >= 15 is 0 Å². The second kappa shape index (κ2) is 6.38. The zero-order valence-corrected chi connectivity index (χ0v) is 7.91. The number of hydrogen-bond donors (Lipinski definition) is 0. The molecule has 0 aromatic rings. The van der Waals surface area contributed by atoms with Gasteiger partial charge < -0.3 is 4.74 Å². The van der Waals surface area contributed by atoms with Gasteiger partial charge in [0.2, 0.25) is 0 Å². The average Bonchev–Trinajstić information content (AvgIpc) is 2.52. The van der Waals surface area contributed by atoms with Crippen LogP contribution in [0.4, 0.5) is 0 Å². The molecule has 74 valence electrons. The first kappa shape index (κ1) is 11.8. The molecule has 4 heteroatoms. The summed E-state index contributed by atoms with van der Waals surface area (Å²) in [7, 11) is 1.47. The summed E-state index contributed by atoms with van der Waals surface area (Å²) in [6, 6.07) is 0. The lowest BCUT2D eigenvalue weighted by molar-refractivity contribution is -0.191. The van der Waals surface area contributed by atoms with Gasteiger partial charge in [-0.05, 0) is 18.8 Å². The van der Waals surface area contributed by atoms with Crippen LogP contribution in [-0.2, 0) is 19.1 Å². The van der Waals surface area contributed by atoms with Crippen LogP contribution in [0.3, 0.4) is 0 Å². The van der Waals surface area contributed by atoms with Gasteiger partial charge in [0.1, 0.15) is 0 Å². The van der Waals surface area contributed by atoms with Crippen LogP contribution in [0.2, 0.25) is 0 Å². The van der Waals surface area contributed by atoms with E-state index in [1.165, 1.54) is 20.0 Å². The van der Waals surface area contributed by atoms with Crippen LogP contribution >= 0.6 is 0 Å². The molecular formula is C9H14O4. The molecule has 0 heterocycles. The van der Waals surface area contributed by atoms with E-state index in [2.05, 4.69) is 11.7 Å². The van der Waals surface area contributed by atoms with Gasteiger partial charge in [0.05, 0.1) is 13.0 Å². The van der Waals surface area contributed by atoms with Gasteiger partial charge in [-0.15, -0.1) is 0 Å². The fourth-order valence-electron chi connectivity index (χ4n) is 1.65. The summed E-state index contributed by atoms with van der Waals surface area (Å²) in [6.45, 7) is 2.12. The van der Waals surface area contributed by atoms with E-state index in [1.807, 2.05) is 0 Å². The van der Waals surface area contributed by atoms with Crippen molar-refractivity contribution in [3.63, 3.8) is 0 Å². The van der Waals surface area contributed by atoms with Crippen LogP contribution in [0.5, 0.6) is 0 Å². The fraction of sp³-hybridized carbons (Fsp3) is 0.778. The van der Waals surface area contributed by atoms with E-state index in [9.17, 15) is 4.79 Å². The van der Waals surface area contributed by atoms with Crippen LogP contribution < -0.4 is 0 Å². The van der Waals surface area contributed by atoms with Gasteiger partial charge in [-0.2, -0.15) is 9.59 Å². The maximum absolute atomic E-state index is 11.0. The van der Waals surface area contributed by atoms with E-state index in [0.717, 1.165) is 6.42 Å². The normalized spacial score (nSPS) is 25.4. The second-order valence-corrected chi connectivity index (χ2v) is 3.12. The van der Waals surface area contributed by atoms with Crippen molar-refractivity contribution >= 4 is 12.1 Å². The Bertz CT molecular complexity index is 194. The highest BCUT2D eigenvalue weighted by atomic mass is 16.5. The molecule has 1 aliphatic rings. The predicted molar refractivity (Wildman–Crippen MR) is 43.5 cm³/mol. The Balaban J connectivity index is 0.000000424. The number of esters is 1. The summed E-state index contributed by atoms with van der Waals surface area (Å²) in [4.78, 5) is 27.3. The molecular weight excluding hydrogens is 172 g/mol.